The van der Waals surface area contributed by atoms with Crippen LogP contribution in [0.4, 0.5) is 0 Å². The van der Waals surface area contributed by atoms with Crippen LogP contribution in [0.5, 0.6) is 0 Å². The topological polar surface area (TPSA) is 76.2 Å². The number of hydrogen-bond donors (Lipinski definition) is 2. The molecule has 0 saturated heterocycles. The second kappa shape index (κ2) is 8.24. The van der Waals surface area contributed by atoms with E-state index in [4.69, 9.17) is 9.47 Å². The first-order chi connectivity index (χ1) is 12.2. The van der Waals surface area contributed by atoms with Gasteiger partial charge in [0.15, 0.2) is 6.29 Å². The molecule has 0 spiro atoms. The fourth-order valence-corrected chi connectivity index (χ4v) is 3.27. The third kappa shape index (κ3) is 4.25. The van der Waals surface area contributed by atoms with Gasteiger partial charge in [-0.15, -0.1) is 11.3 Å². The molecule has 2 N–H and O–H groups in total. The average Bonchev–Trinajstić information content (AvgIpc) is 3.26. The van der Waals surface area contributed by atoms with Crippen molar-refractivity contribution in [2.45, 2.75) is 20.1 Å². The maximum Gasteiger partial charge on any atom is 0.270 e. The Kier molecular flexibility index (Phi) is 5.80. The van der Waals surface area contributed by atoms with E-state index in [1.54, 1.807) is 5.38 Å². The third-order valence-corrected chi connectivity index (χ3v) is 4.51. The number of fused-ring (bicyclic) bond motifs is 1. The first-order valence-electron chi connectivity index (χ1n) is 8.26. The van der Waals surface area contributed by atoms with Gasteiger partial charge in [-0.05, 0) is 26.0 Å². The zero-order valence-electron chi connectivity index (χ0n) is 14.2. The number of para-hydroxylation sites is 1. The monoisotopic (exact) mass is 359 g/mol. The molecule has 1 aromatic carbocycles. The van der Waals surface area contributed by atoms with Gasteiger partial charge in [-0.1, -0.05) is 18.2 Å². The summed E-state index contributed by atoms with van der Waals surface area (Å²) in [5.74, 6) is -0.233. The number of rotatable bonds is 8. The summed E-state index contributed by atoms with van der Waals surface area (Å²) in [6.45, 7) is 5.13. The zero-order valence-corrected chi connectivity index (χ0v) is 15.1. The molecule has 2 aromatic heterocycles. The molecule has 2 heterocycles. The van der Waals surface area contributed by atoms with Crippen LogP contribution in [0.2, 0.25) is 0 Å². The van der Waals surface area contributed by atoms with Crippen molar-refractivity contribution in [1.29, 1.82) is 0 Å². The van der Waals surface area contributed by atoms with Gasteiger partial charge in [0.05, 0.1) is 12.2 Å². The number of carbonyl (C=O) groups excluding carboxylic acids is 1. The number of ether oxygens (including phenoxy) is 2. The minimum Gasteiger partial charge on any atom is -0.353 e. The van der Waals surface area contributed by atoms with Crippen LogP contribution in [0.15, 0.2) is 35.7 Å². The van der Waals surface area contributed by atoms with E-state index >= 15 is 0 Å². The van der Waals surface area contributed by atoms with Gasteiger partial charge >= 0.3 is 0 Å². The van der Waals surface area contributed by atoms with Crippen molar-refractivity contribution in [2.24, 2.45) is 0 Å². The van der Waals surface area contributed by atoms with Gasteiger partial charge in [-0.2, -0.15) is 0 Å². The lowest BCUT2D eigenvalue weighted by atomic mass is 10.2. The fourth-order valence-electron chi connectivity index (χ4n) is 2.49. The molecule has 0 fully saturated rings. The van der Waals surface area contributed by atoms with E-state index < -0.39 is 6.29 Å². The molecule has 25 heavy (non-hydrogen) atoms. The van der Waals surface area contributed by atoms with E-state index in [0.717, 1.165) is 21.6 Å². The first-order valence-corrected chi connectivity index (χ1v) is 9.14. The Labute approximate surface area is 150 Å². The Hall–Kier alpha value is -2.22. The van der Waals surface area contributed by atoms with Crippen LogP contribution in [-0.4, -0.2) is 41.9 Å². The Morgan fingerprint density at radius 2 is 2.04 bits per heavy atom. The number of amides is 1. The lowest BCUT2D eigenvalue weighted by Gasteiger charge is -2.16. The molecular formula is C18H21N3O3S. The number of aromatic amines is 1. The van der Waals surface area contributed by atoms with Crippen molar-refractivity contribution < 1.29 is 14.3 Å². The molecule has 0 aliphatic rings. The van der Waals surface area contributed by atoms with Gasteiger partial charge in [0.1, 0.15) is 10.7 Å². The number of nitrogens with one attached hydrogen (secondary N) is 2. The van der Waals surface area contributed by atoms with E-state index in [-0.39, 0.29) is 5.91 Å². The van der Waals surface area contributed by atoms with Crippen LogP contribution >= 0.6 is 11.3 Å². The van der Waals surface area contributed by atoms with E-state index in [0.29, 0.717) is 25.5 Å². The molecule has 0 bridgehead atoms. The van der Waals surface area contributed by atoms with E-state index in [1.165, 1.54) is 11.3 Å². The minimum atomic E-state index is -0.439. The van der Waals surface area contributed by atoms with Crippen molar-refractivity contribution in [3.05, 3.63) is 41.4 Å². The highest BCUT2D eigenvalue weighted by Crippen LogP contribution is 2.26. The lowest BCUT2D eigenvalue weighted by Crippen LogP contribution is -2.35. The Balaban J connectivity index is 1.67. The molecule has 0 unspecified atom stereocenters. The van der Waals surface area contributed by atoms with Gasteiger partial charge in [-0.3, -0.25) is 4.79 Å². The summed E-state index contributed by atoms with van der Waals surface area (Å²) in [5.41, 5.74) is 2.35. The minimum absolute atomic E-state index is 0.233. The summed E-state index contributed by atoms with van der Waals surface area (Å²) in [6, 6.07) is 10.1. The standard InChI is InChI=1S/C18H21N3O3S/c1-3-23-16(24-4-2)10-19-17(22)15-11-25-18(21-15)14-9-12-7-5-6-8-13(12)20-14/h5-9,11,16,20H,3-4,10H2,1-2H3,(H,19,22). The van der Waals surface area contributed by atoms with E-state index in [2.05, 4.69) is 15.3 Å². The smallest absolute Gasteiger partial charge is 0.270 e. The van der Waals surface area contributed by atoms with E-state index in [9.17, 15) is 4.79 Å². The Morgan fingerprint density at radius 1 is 1.28 bits per heavy atom. The molecular weight excluding hydrogens is 338 g/mol. The Bertz CT molecular complexity index is 804. The highest BCUT2D eigenvalue weighted by molar-refractivity contribution is 7.13. The highest BCUT2D eigenvalue weighted by atomic mass is 32.1. The number of aromatic nitrogens is 2. The summed E-state index contributed by atoms with van der Waals surface area (Å²) >= 11 is 1.44. The molecule has 0 atom stereocenters. The SMILES string of the molecule is CCOC(CNC(=O)c1csc(-c2cc3ccccc3[nH]2)n1)OCC. The average molecular weight is 359 g/mol. The maximum atomic E-state index is 12.3. The highest BCUT2D eigenvalue weighted by Gasteiger charge is 2.15. The van der Waals surface area contributed by atoms with Crippen molar-refractivity contribution in [2.75, 3.05) is 19.8 Å². The maximum absolute atomic E-state index is 12.3. The predicted octanol–water partition coefficient (Wildman–Crippen LogP) is 3.42. The quantitative estimate of drug-likeness (QED) is 0.604. The van der Waals surface area contributed by atoms with Crippen LogP contribution in [-0.2, 0) is 9.47 Å². The van der Waals surface area contributed by atoms with Gasteiger partial charge in [0, 0.05) is 29.5 Å². The largest absolute Gasteiger partial charge is 0.353 e. The van der Waals surface area contributed by atoms with Crippen LogP contribution < -0.4 is 5.32 Å². The molecule has 6 nitrogen and oxygen atoms in total. The van der Waals surface area contributed by atoms with E-state index in [1.807, 2.05) is 44.2 Å². The normalized spacial score (nSPS) is 11.3. The molecule has 0 aliphatic heterocycles. The van der Waals surface area contributed by atoms with Crippen molar-refractivity contribution in [3.8, 4) is 10.7 Å². The number of hydrogen-bond acceptors (Lipinski definition) is 5. The molecule has 7 heteroatoms. The van der Waals surface area contributed by atoms with Crippen LogP contribution in [0.1, 0.15) is 24.3 Å². The number of thiazole rings is 1. The van der Waals surface area contributed by atoms with Crippen LogP contribution in [0.25, 0.3) is 21.6 Å². The van der Waals surface area contributed by atoms with Gasteiger partial charge in [0.2, 0.25) is 0 Å². The summed E-state index contributed by atoms with van der Waals surface area (Å²) in [5, 5.41) is 6.47. The fraction of sp³-hybridized carbons (Fsp3) is 0.333. The van der Waals surface area contributed by atoms with Gasteiger partial charge < -0.3 is 19.8 Å². The molecule has 0 radical (unpaired) electrons. The van der Waals surface area contributed by atoms with Crippen molar-refractivity contribution in [3.63, 3.8) is 0 Å². The number of H-pyrrole nitrogens is 1. The zero-order chi connectivity index (χ0) is 17.6. The molecule has 132 valence electrons. The molecule has 0 aliphatic carbocycles. The second-order valence-electron chi connectivity index (χ2n) is 5.36. The summed E-state index contributed by atoms with van der Waals surface area (Å²) < 4.78 is 10.8. The molecule has 3 rings (SSSR count). The first kappa shape index (κ1) is 17.6. The summed E-state index contributed by atoms with van der Waals surface area (Å²) in [4.78, 5) is 20.0. The van der Waals surface area contributed by atoms with Crippen molar-refractivity contribution >= 4 is 28.1 Å². The summed E-state index contributed by atoms with van der Waals surface area (Å²) in [6.07, 6.45) is -0.439. The third-order valence-electron chi connectivity index (χ3n) is 3.63. The number of carbonyl (C=O) groups is 1. The van der Waals surface area contributed by atoms with Crippen LogP contribution in [0.3, 0.4) is 0 Å². The number of benzene rings is 1. The molecule has 3 aromatic rings. The molecule has 1 amide bonds. The van der Waals surface area contributed by atoms with Gasteiger partial charge in [-0.25, -0.2) is 4.98 Å². The molecule has 0 saturated carbocycles. The second-order valence-corrected chi connectivity index (χ2v) is 6.22. The Morgan fingerprint density at radius 3 is 2.76 bits per heavy atom. The van der Waals surface area contributed by atoms with Crippen molar-refractivity contribution in [1.82, 2.24) is 15.3 Å². The van der Waals surface area contributed by atoms with Crippen LogP contribution in [0, 0.1) is 0 Å². The number of nitrogens with zero attached hydrogens (tertiary/aromatic N) is 1. The predicted molar refractivity (Wildman–Crippen MR) is 98.8 cm³/mol. The van der Waals surface area contributed by atoms with Gasteiger partial charge in [0.25, 0.3) is 5.91 Å². The summed E-state index contributed by atoms with van der Waals surface area (Å²) in [7, 11) is 0. The lowest BCUT2D eigenvalue weighted by molar-refractivity contribution is -0.131.